The Kier molecular flexibility index (Phi) is 4.79. The summed E-state index contributed by atoms with van der Waals surface area (Å²) in [6.07, 6.45) is 3.67. The van der Waals surface area contributed by atoms with Gasteiger partial charge >= 0.3 is 0 Å². The molecule has 0 aliphatic heterocycles. The van der Waals surface area contributed by atoms with E-state index < -0.39 is 0 Å². The van der Waals surface area contributed by atoms with Gasteiger partial charge in [-0.05, 0) is 33.4 Å². The highest BCUT2D eigenvalue weighted by Crippen LogP contribution is 2.14. The van der Waals surface area contributed by atoms with E-state index in [2.05, 4.69) is 27.1 Å². The Balaban J connectivity index is 2.68. The molecule has 1 aromatic heterocycles. The van der Waals surface area contributed by atoms with Gasteiger partial charge in [0.05, 0.1) is 11.7 Å². The van der Waals surface area contributed by atoms with Crippen LogP contribution >= 0.6 is 0 Å². The highest BCUT2D eigenvalue weighted by molar-refractivity contribution is 5.08. The molecule has 0 aliphatic carbocycles. The first-order chi connectivity index (χ1) is 7.27. The third kappa shape index (κ3) is 3.69. The minimum Gasteiger partial charge on any atom is -0.312 e. The van der Waals surface area contributed by atoms with Crippen molar-refractivity contribution >= 4 is 0 Å². The Bertz CT molecular complexity index is 363. The molecule has 15 heavy (non-hydrogen) atoms. The lowest BCUT2D eigenvalue weighted by molar-refractivity contribution is 0.541. The predicted octanol–water partition coefficient (Wildman–Crippen LogP) is 1.85. The second kappa shape index (κ2) is 6.15. The standard InChI is InChI=1S/C12H17N3/c1-4-5-6-7-11(13-3)12-8-9-14-10(2)15-12/h8-9,11,13H,6-7H2,1-3H3. The van der Waals surface area contributed by atoms with Crippen molar-refractivity contribution in [2.75, 3.05) is 7.05 Å². The third-order valence-corrected chi connectivity index (χ3v) is 2.24. The van der Waals surface area contributed by atoms with Crippen LogP contribution in [-0.2, 0) is 0 Å². The molecule has 0 saturated heterocycles. The summed E-state index contributed by atoms with van der Waals surface area (Å²) in [7, 11) is 1.95. The van der Waals surface area contributed by atoms with Gasteiger partial charge in [-0.3, -0.25) is 0 Å². The summed E-state index contributed by atoms with van der Waals surface area (Å²) >= 11 is 0. The Morgan fingerprint density at radius 3 is 2.93 bits per heavy atom. The van der Waals surface area contributed by atoms with Crippen LogP contribution in [0.3, 0.4) is 0 Å². The lowest BCUT2D eigenvalue weighted by Gasteiger charge is -2.14. The zero-order chi connectivity index (χ0) is 11.1. The minimum absolute atomic E-state index is 0.271. The average Bonchev–Trinajstić information content (AvgIpc) is 2.24. The van der Waals surface area contributed by atoms with Crippen LogP contribution in [0.5, 0.6) is 0 Å². The number of nitrogens with zero attached hydrogens (tertiary/aromatic N) is 2. The molecule has 1 N–H and O–H groups in total. The van der Waals surface area contributed by atoms with Crippen molar-refractivity contribution in [3.05, 3.63) is 23.8 Å². The van der Waals surface area contributed by atoms with Gasteiger partial charge in [-0.2, -0.15) is 0 Å². The molecule has 1 aromatic rings. The molecule has 0 amide bonds. The van der Waals surface area contributed by atoms with Crippen LogP contribution in [0.1, 0.15) is 37.3 Å². The fourth-order valence-corrected chi connectivity index (χ4v) is 1.45. The second-order valence-electron chi connectivity index (χ2n) is 3.34. The average molecular weight is 203 g/mol. The molecular formula is C12H17N3. The smallest absolute Gasteiger partial charge is 0.125 e. The first kappa shape index (κ1) is 11.7. The number of hydrogen-bond donors (Lipinski definition) is 1. The van der Waals surface area contributed by atoms with Crippen molar-refractivity contribution in [1.82, 2.24) is 15.3 Å². The molecule has 80 valence electrons. The van der Waals surface area contributed by atoms with Gasteiger partial charge in [0, 0.05) is 12.6 Å². The molecule has 0 aliphatic rings. The largest absolute Gasteiger partial charge is 0.312 e. The van der Waals surface area contributed by atoms with E-state index in [-0.39, 0.29) is 6.04 Å². The van der Waals surface area contributed by atoms with Gasteiger partial charge in [-0.15, -0.1) is 11.8 Å². The van der Waals surface area contributed by atoms with Crippen LogP contribution in [0.2, 0.25) is 0 Å². The van der Waals surface area contributed by atoms with Crippen LogP contribution in [0.25, 0.3) is 0 Å². The normalized spacial score (nSPS) is 11.7. The Morgan fingerprint density at radius 2 is 2.33 bits per heavy atom. The number of nitrogens with one attached hydrogen (secondary N) is 1. The second-order valence-corrected chi connectivity index (χ2v) is 3.34. The molecule has 3 nitrogen and oxygen atoms in total. The van der Waals surface area contributed by atoms with Gasteiger partial charge in [0.15, 0.2) is 0 Å². The van der Waals surface area contributed by atoms with Gasteiger partial charge in [0.25, 0.3) is 0 Å². The molecular weight excluding hydrogens is 186 g/mol. The van der Waals surface area contributed by atoms with Crippen molar-refractivity contribution in [3.8, 4) is 11.8 Å². The van der Waals surface area contributed by atoms with Crippen LogP contribution in [-0.4, -0.2) is 17.0 Å². The van der Waals surface area contributed by atoms with E-state index in [0.29, 0.717) is 0 Å². The molecule has 0 spiro atoms. The zero-order valence-corrected chi connectivity index (χ0v) is 9.54. The maximum absolute atomic E-state index is 4.40. The quantitative estimate of drug-likeness (QED) is 0.759. The fraction of sp³-hybridized carbons (Fsp3) is 0.500. The number of aryl methyl sites for hydroxylation is 1. The van der Waals surface area contributed by atoms with E-state index in [1.165, 1.54) is 0 Å². The van der Waals surface area contributed by atoms with E-state index in [4.69, 9.17) is 0 Å². The van der Waals surface area contributed by atoms with Gasteiger partial charge in [-0.1, -0.05) is 0 Å². The van der Waals surface area contributed by atoms with Crippen molar-refractivity contribution < 1.29 is 0 Å². The van der Waals surface area contributed by atoms with Gasteiger partial charge in [0.2, 0.25) is 0 Å². The maximum Gasteiger partial charge on any atom is 0.125 e. The SMILES string of the molecule is CC#CCCC(NC)c1ccnc(C)n1. The highest BCUT2D eigenvalue weighted by Gasteiger charge is 2.09. The predicted molar refractivity (Wildman–Crippen MR) is 61.3 cm³/mol. The highest BCUT2D eigenvalue weighted by atomic mass is 14.9. The monoisotopic (exact) mass is 203 g/mol. The Hall–Kier alpha value is -1.40. The third-order valence-electron chi connectivity index (χ3n) is 2.24. The van der Waals surface area contributed by atoms with Crippen molar-refractivity contribution in [3.63, 3.8) is 0 Å². The van der Waals surface area contributed by atoms with Crippen molar-refractivity contribution in [1.29, 1.82) is 0 Å². The first-order valence-electron chi connectivity index (χ1n) is 5.14. The van der Waals surface area contributed by atoms with Crippen LogP contribution in [0, 0.1) is 18.8 Å². The zero-order valence-electron chi connectivity index (χ0n) is 9.54. The Labute approximate surface area is 91.3 Å². The fourth-order valence-electron chi connectivity index (χ4n) is 1.45. The molecule has 0 fully saturated rings. The molecule has 0 bridgehead atoms. The van der Waals surface area contributed by atoms with E-state index in [1.807, 2.05) is 27.0 Å². The molecule has 3 heteroatoms. The molecule has 1 heterocycles. The summed E-state index contributed by atoms with van der Waals surface area (Å²) < 4.78 is 0. The maximum atomic E-state index is 4.40. The number of aromatic nitrogens is 2. The lowest BCUT2D eigenvalue weighted by Crippen LogP contribution is -2.17. The number of rotatable bonds is 4. The van der Waals surface area contributed by atoms with Crippen molar-refractivity contribution in [2.24, 2.45) is 0 Å². The van der Waals surface area contributed by atoms with E-state index >= 15 is 0 Å². The lowest BCUT2D eigenvalue weighted by atomic mass is 10.1. The van der Waals surface area contributed by atoms with Gasteiger partial charge in [0.1, 0.15) is 5.82 Å². The Morgan fingerprint density at radius 1 is 1.53 bits per heavy atom. The molecule has 0 aromatic carbocycles. The summed E-state index contributed by atoms with van der Waals surface area (Å²) in [5, 5.41) is 3.25. The van der Waals surface area contributed by atoms with Crippen LogP contribution in [0.4, 0.5) is 0 Å². The molecule has 1 atom stereocenters. The van der Waals surface area contributed by atoms with Gasteiger partial charge in [-0.25, -0.2) is 9.97 Å². The summed E-state index contributed by atoms with van der Waals surface area (Å²) in [5.41, 5.74) is 1.04. The van der Waals surface area contributed by atoms with E-state index in [0.717, 1.165) is 24.4 Å². The minimum atomic E-state index is 0.271. The molecule has 0 radical (unpaired) electrons. The summed E-state index contributed by atoms with van der Waals surface area (Å²) in [6, 6.07) is 2.22. The molecule has 1 unspecified atom stereocenters. The van der Waals surface area contributed by atoms with Crippen LogP contribution < -0.4 is 5.32 Å². The van der Waals surface area contributed by atoms with Crippen LogP contribution in [0.15, 0.2) is 12.3 Å². The topological polar surface area (TPSA) is 37.8 Å². The number of hydrogen-bond acceptors (Lipinski definition) is 3. The summed E-state index contributed by atoms with van der Waals surface area (Å²) in [6.45, 7) is 3.77. The van der Waals surface area contributed by atoms with E-state index in [1.54, 1.807) is 6.20 Å². The van der Waals surface area contributed by atoms with Crippen molar-refractivity contribution in [2.45, 2.75) is 32.7 Å². The van der Waals surface area contributed by atoms with E-state index in [9.17, 15) is 0 Å². The first-order valence-corrected chi connectivity index (χ1v) is 5.14. The summed E-state index contributed by atoms with van der Waals surface area (Å²) in [5.74, 6) is 6.78. The molecule has 0 saturated carbocycles. The molecule has 1 rings (SSSR count). The summed E-state index contributed by atoms with van der Waals surface area (Å²) in [4.78, 5) is 8.49. The van der Waals surface area contributed by atoms with Gasteiger partial charge < -0.3 is 5.32 Å².